The number of rotatable bonds is 14. The van der Waals surface area contributed by atoms with E-state index in [1.807, 2.05) is 58.0 Å². The fourth-order valence-electron chi connectivity index (χ4n) is 4.04. The average molecular weight is 716 g/mol. The molecule has 0 saturated heterocycles. The molecule has 15 nitrogen and oxygen atoms in total. The van der Waals surface area contributed by atoms with Gasteiger partial charge in [-0.25, -0.2) is 0 Å². The Morgan fingerprint density at radius 3 is 1.42 bits per heavy atom. The van der Waals surface area contributed by atoms with Gasteiger partial charge in [0, 0.05) is 6.04 Å². The van der Waals surface area contributed by atoms with Crippen LogP contribution in [-0.2, 0) is 30.4 Å². The highest BCUT2D eigenvalue weighted by molar-refractivity contribution is 5.74. The van der Waals surface area contributed by atoms with Gasteiger partial charge in [0.15, 0.2) is 0 Å². The third-order valence-corrected chi connectivity index (χ3v) is 7.67. The third-order valence-electron chi connectivity index (χ3n) is 7.67. The summed E-state index contributed by atoms with van der Waals surface area (Å²) in [6, 6.07) is 6.48. The fourth-order valence-corrected chi connectivity index (χ4v) is 4.04. The molecule has 0 unspecified atom stereocenters. The predicted molar refractivity (Wildman–Crippen MR) is 193 cm³/mol. The van der Waals surface area contributed by atoms with Crippen molar-refractivity contribution < 1.29 is 49.5 Å². The van der Waals surface area contributed by atoms with E-state index in [1.165, 1.54) is 19.3 Å². The topological polar surface area (TPSA) is 303 Å². The van der Waals surface area contributed by atoms with Crippen molar-refractivity contribution in [1.29, 1.82) is 0 Å². The molecule has 1 fully saturated rings. The van der Waals surface area contributed by atoms with Gasteiger partial charge < -0.3 is 53.8 Å². The van der Waals surface area contributed by atoms with Crippen molar-refractivity contribution in [3.8, 4) is 0 Å². The van der Waals surface area contributed by atoms with Crippen molar-refractivity contribution >= 4 is 29.8 Å². The third kappa shape index (κ3) is 28.2. The number of carboxylic acids is 5. The molecule has 1 aliphatic carbocycles. The largest absolute Gasteiger partial charge is 0.480 e. The van der Waals surface area contributed by atoms with Gasteiger partial charge in [-0.05, 0) is 55.9 Å². The molecule has 0 bridgehead atoms. The number of hydrogen-bond donors (Lipinski definition) is 10. The summed E-state index contributed by atoms with van der Waals surface area (Å²) < 4.78 is 0. The van der Waals surface area contributed by atoms with Gasteiger partial charge in [-0.2, -0.15) is 0 Å². The summed E-state index contributed by atoms with van der Waals surface area (Å²) in [6.45, 7) is 12.9. The first-order valence-corrected chi connectivity index (χ1v) is 17.0. The Bertz CT molecular complexity index is 1080. The molecular formula is C35H65N5O10. The molecular weight excluding hydrogens is 650 g/mol. The van der Waals surface area contributed by atoms with E-state index in [-0.39, 0.29) is 11.8 Å². The minimum Gasteiger partial charge on any atom is -0.480 e. The summed E-state index contributed by atoms with van der Waals surface area (Å²) in [5.41, 5.74) is 21.9. The molecule has 50 heavy (non-hydrogen) atoms. The Balaban J connectivity index is -0.000000559. The minimum absolute atomic E-state index is 0.0208. The first-order chi connectivity index (χ1) is 23.1. The van der Waals surface area contributed by atoms with E-state index in [9.17, 15) is 24.0 Å². The molecule has 0 spiro atoms. The van der Waals surface area contributed by atoms with Gasteiger partial charge in [0.1, 0.15) is 30.2 Å². The van der Waals surface area contributed by atoms with Gasteiger partial charge in [-0.1, -0.05) is 97.6 Å². The molecule has 1 aliphatic rings. The zero-order valence-electron chi connectivity index (χ0n) is 30.8. The normalized spacial score (nSPS) is 16.0. The van der Waals surface area contributed by atoms with Crippen LogP contribution >= 0.6 is 0 Å². The highest BCUT2D eigenvalue weighted by Crippen LogP contribution is 2.17. The zero-order valence-corrected chi connectivity index (χ0v) is 30.8. The van der Waals surface area contributed by atoms with Crippen LogP contribution in [0.15, 0.2) is 30.3 Å². The Labute approximate surface area is 297 Å². The van der Waals surface area contributed by atoms with Crippen LogP contribution in [0.25, 0.3) is 0 Å². The summed E-state index contributed by atoms with van der Waals surface area (Å²) in [4.78, 5) is 51.2. The van der Waals surface area contributed by atoms with E-state index in [4.69, 9.17) is 48.5 Å². The Morgan fingerprint density at radius 2 is 1.14 bits per heavy atom. The second kappa shape index (κ2) is 29.1. The molecule has 0 radical (unpaired) electrons. The summed E-state index contributed by atoms with van der Waals surface area (Å²) >= 11 is 0. The van der Waals surface area contributed by atoms with Gasteiger partial charge in [0.2, 0.25) is 0 Å². The zero-order chi connectivity index (χ0) is 39.6. The predicted octanol–water partition coefficient (Wildman–Crippen LogP) is 2.97. The summed E-state index contributed by atoms with van der Waals surface area (Å²) in [7, 11) is 0. The van der Waals surface area contributed by atoms with E-state index >= 15 is 0 Å². The maximum Gasteiger partial charge on any atom is 0.320 e. The standard InChI is InChI=1S/C9H17NO2.C9H11NO2.2C6H13NO2.C5H11NO2/c1-7(9(11)12)10-8-5-3-2-4-6-8;10-8(9(11)12)6-7-4-2-1-3-5-7;1-4(2)3-5(7)6(8)9;1-3-4(2)5(7)6(8)9;1-3(2)4(6)5(7)8/h7-8,10H,2-6H2,1H3,(H,11,12);1-5,8H,6,10H2,(H,11,12);2*4-5H,3,7H2,1-2H3,(H,8,9);3-4H,6H2,1-2H3,(H,7,8)/t7-;8-;5-;4-,5-;4-/m00000/s1. The molecule has 290 valence electrons. The quantitative estimate of drug-likeness (QED) is 0.132. The number of carboxylic acid groups (broad SMARTS) is 5. The van der Waals surface area contributed by atoms with Gasteiger partial charge in [0.05, 0.1) is 0 Å². The van der Waals surface area contributed by atoms with Gasteiger partial charge in [-0.3, -0.25) is 24.0 Å². The van der Waals surface area contributed by atoms with Gasteiger partial charge in [-0.15, -0.1) is 0 Å². The van der Waals surface area contributed by atoms with Crippen molar-refractivity contribution in [2.75, 3.05) is 0 Å². The Kier molecular flexibility index (Phi) is 29.6. The van der Waals surface area contributed by atoms with Crippen molar-refractivity contribution in [3.05, 3.63) is 35.9 Å². The fraction of sp³-hybridized carbons (Fsp3) is 0.686. The molecule has 0 amide bonds. The van der Waals surface area contributed by atoms with Crippen molar-refractivity contribution in [2.24, 2.45) is 40.7 Å². The molecule has 1 aromatic rings. The highest BCUT2D eigenvalue weighted by atomic mass is 16.4. The molecule has 14 N–H and O–H groups in total. The SMILES string of the molecule is CC(C)C[C@H](N)C(=O)O.CC(C)[C@H](N)C(=O)O.CC[C@H](C)[C@H](N)C(=O)O.C[C@H](NC1CCCCC1)C(=O)O.N[C@@H](Cc1ccccc1)C(=O)O. The molecule has 0 aliphatic heterocycles. The molecule has 0 heterocycles. The van der Waals surface area contributed by atoms with Crippen LogP contribution in [-0.4, -0.2) is 91.6 Å². The highest BCUT2D eigenvalue weighted by Gasteiger charge is 2.19. The van der Waals surface area contributed by atoms with Crippen LogP contribution in [0.5, 0.6) is 0 Å². The van der Waals surface area contributed by atoms with E-state index < -0.39 is 60.1 Å². The number of hydrogen-bond acceptors (Lipinski definition) is 10. The van der Waals surface area contributed by atoms with Crippen LogP contribution in [0, 0.1) is 17.8 Å². The molecule has 1 aromatic carbocycles. The number of nitrogens with two attached hydrogens (primary N) is 4. The van der Waals surface area contributed by atoms with Crippen molar-refractivity contribution in [2.45, 2.75) is 136 Å². The smallest absolute Gasteiger partial charge is 0.320 e. The van der Waals surface area contributed by atoms with E-state index in [0.29, 0.717) is 24.8 Å². The van der Waals surface area contributed by atoms with Crippen LogP contribution < -0.4 is 28.3 Å². The van der Waals surface area contributed by atoms with Crippen molar-refractivity contribution in [1.82, 2.24) is 5.32 Å². The second-order valence-electron chi connectivity index (χ2n) is 13.1. The molecule has 0 aromatic heterocycles. The van der Waals surface area contributed by atoms with E-state index in [1.54, 1.807) is 20.8 Å². The number of benzene rings is 1. The minimum atomic E-state index is -0.959. The summed E-state index contributed by atoms with van der Waals surface area (Å²) in [6.07, 6.45) is 7.81. The maximum absolute atomic E-state index is 10.5. The van der Waals surface area contributed by atoms with Gasteiger partial charge in [0.25, 0.3) is 0 Å². The van der Waals surface area contributed by atoms with Gasteiger partial charge >= 0.3 is 29.8 Å². The number of nitrogens with one attached hydrogen (secondary N) is 1. The lowest BCUT2D eigenvalue weighted by molar-refractivity contribution is -0.140. The first kappa shape index (κ1) is 50.7. The molecule has 2 rings (SSSR count). The average Bonchev–Trinajstić information content (AvgIpc) is 3.05. The Hall–Kier alpha value is -3.63. The van der Waals surface area contributed by atoms with Crippen LogP contribution in [0.1, 0.15) is 99.0 Å². The summed E-state index contributed by atoms with van der Waals surface area (Å²) in [5.74, 6) is -4.02. The molecule has 15 heteroatoms. The lowest BCUT2D eigenvalue weighted by Crippen LogP contribution is -2.42. The first-order valence-electron chi connectivity index (χ1n) is 17.0. The van der Waals surface area contributed by atoms with Crippen molar-refractivity contribution in [3.63, 3.8) is 0 Å². The lowest BCUT2D eigenvalue weighted by atomic mass is 9.95. The Morgan fingerprint density at radius 1 is 0.680 bits per heavy atom. The van der Waals surface area contributed by atoms with E-state index in [2.05, 4.69) is 5.32 Å². The molecule has 6 atom stereocenters. The summed E-state index contributed by atoms with van der Waals surface area (Å²) in [5, 5.41) is 45.2. The van der Waals surface area contributed by atoms with Crippen LogP contribution in [0.3, 0.4) is 0 Å². The van der Waals surface area contributed by atoms with Crippen LogP contribution in [0.2, 0.25) is 0 Å². The maximum atomic E-state index is 10.5. The molecule has 1 saturated carbocycles. The van der Waals surface area contributed by atoms with Crippen LogP contribution in [0.4, 0.5) is 0 Å². The number of carbonyl (C=O) groups is 5. The lowest BCUT2D eigenvalue weighted by Gasteiger charge is -2.24. The second-order valence-corrected chi connectivity index (χ2v) is 13.1. The number of aliphatic carboxylic acids is 5. The van der Waals surface area contributed by atoms with E-state index in [0.717, 1.165) is 24.8 Å². The monoisotopic (exact) mass is 715 g/mol.